The van der Waals surface area contributed by atoms with Crippen LogP contribution in [0.4, 0.5) is 51.2 Å². The first-order valence-corrected chi connectivity index (χ1v) is 23.2. The molecule has 0 aliphatic carbocycles. The van der Waals surface area contributed by atoms with E-state index in [0.717, 1.165) is 28.4 Å². The van der Waals surface area contributed by atoms with Crippen LogP contribution in [-0.2, 0) is 5.41 Å². The molecule has 0 fully saturated rings. The summed E-state index contributed by atoms with van der Waals surface area (Å²) in [5.74, 6) is 0. The van der Waals surface area contributed by atoms with Gasteiger partial charge in [0.15, 0.2) is 0 Å². The maximum absolute atomic E-state index is 2.52. The van der Waals surface area contributed by atoms with Gasteiger partial charge in [-0.1, -0.05) is 152 Å². The summed E-state index contributed by atoms with van der Waals surface area (Å²) in [5, 5.41) is 0. The zero-order chi connectivity index (χ0) is 45.7. The quantitative estimate of drug-likeness (QED) is 0.143. The Kier molecular flexibility index (Phi) is 10.9. The number of aryl methyl sites for hydroxylation is 8. The topological polar surface area (TPSA) is 9.72 Å². The van der Waals surface area contributed by atoms with E-state index < -0.39 is 5.41 Å². The highest BCUT2D eigenvalue weighted by molar-refractivity contribution is 5.92. The van der Waals surface area contributed by atoms with Crippen LogP contribution in [0, 0.1) is 55.4 Å². The van der Waals surface area contributed by atoms with Crippen LogP contribution in [0.2, 0.25) is 0 Å². The van der Waals surface area contributed by atoms with Gasteiger partial charge in [0, 0.05) is 17.1 Å². The van der Waals surface area contributed by atoms with Crippen molar-refractivity contribution in [1.82, 2.24) is 0 Å². The summed E-state index contributed by atoms with van der Waals surface area (Å²) in [4.78, 5) is 7.49. The highest BCUT2D eigenvalue weighted by Gasteiger charge is 2.47. The van der Waals surface area contributed by atoms with E-state index in [4.69, 9.17) is 0 Å². The van der Waals surface area contributed by atoms with Crippen LogP contribution in [0.15, 0.2) is 200 Å². The smallest absolute Gasteiger partial charge is 0.0743 e. The van der Waals surface area contributed by atoms with Crippen LogP contribution in [0.25, 0.3) is 0 Å². The Morgan fingerprint density at radius 1 is 0.303 bits per heavy atom. The van der Waals surface area contributed by atoms with Gasteiger partial charge in [-0.25, -0.2) is 0 Å². The van der Waals surface area contributed by atoms with Crippen molar-refractivity contribution in [2.24, 2.45) is 0 Å². The van der Waals surface area contributed by atoms with Gasteiger partial charge in [-0.15, -0.1) is 0 Å². The van der Waals surface area contributed by atoms with Gasteiger partial charge < -0.3 is 14.7 Å². The van der Waals surface area contributed by atoms with Crippen LogP contribution < -0.4 is 14.7 Å². The Morgan fingerprint density at radius 2 is 0.606 bits per heavy atom. The molecular weight excluding hydrogens is 799 g/mol. The number of hydrogen-bond acceptors (Lipinski definition) is 3. The third kappa shape index (κ3) is 6.89. The molecule has 1 aliphatic rings. The molecule has 0 spiro atoms. The number of para-hydroxylation sites is 7. The lowest BCUT2D eigenvalue weighted by molar-refractivity contribution is 0.731. The molecule has 9 aromatic carbocycles. The zero-order valence-electron chi connectivity index (χ0n) is 39.4. The zero-order valence-corrected chi connectivity index (χ0v) is 39.4. The molecule has 0 amide bonds. The summed E-state index contributed by atoms with van der Waals surface area (Å²) in [5.41, 5.74) is 24.4. The first-order valence-electron chi connectivity index (χ1n) is 23.2. The van der Waals surface area contributed by atoms with E-state index in [-0.39, 0.29) is 0 Å². The molecular formula is C63H57N3. The van der Waals surface area contributed by atoms with E-state index in [1.807, 2.05) is 0 Å². The van der Waals surface area contributed by atoms with Crippen LogP contribution in [0.1, 0.15) is 66.8 Å². The van der Waals surface area contributed by atoms with Crippen molar-refractivity contribution >= 4 is 51.2 Å². The molecule has 0 atom stereocenters. The van der Waals surface area contributed by atoms with Crippen LogP contribution in [0.5, 0.6) is 0 Å². The van der Waals surface area contributed by atoms with Crippen molar-refractivity contribution in [3.8, 4) is 0 Å². The average Bonchev–Trinajstić information content (AvgIpc) is 3.32. The standard InChI is InChI=1S/C63H57N3/c1-42-22-16-23-43(2)59(42)65(60-44(3)24-17-25-45(60)4)53-34-20-30-50(40-53)63(55-36-12-14-38-57(55)64(52-32-10-9-11-33-52)58-39-15-13-37-56(58)63)51-31-21-35-54(41-51)66(61-46(5)26-18-27-47(61)6)62-48(7)28-19-29-49(62)8/h9-41H,1-8H3. The van der Waals surface area contributed by atoms with E-state index >= 15 is 0 Å². The van der Waals surface area contributed by atoms with Crippen molar-refractivity contribution in [2.75, 3.05) is 14.7 Å². The molecule has 0 aromatic heterocycles. The molecule has 3 heteroatoms. The van der Waals surface area contributed by atoms with Crippen LogP contribution >= 0.6 is 0 Å². The van der Waals surface area contributed by atoms with Crippen molar-refractivity contribution in [1.29, 1.82) is 0 Å². The lowest BCUT2D eigenvalue weighted by Crippen LogP contribution is -2.38. The highest BCUT2D eigenvalue weighted by atomic mass is 15.2. The third-order valence-corrected chi connectivity index (χ3v) is 13.8. The maximum atomic E-state index is 2.52. The minimum atomic E-state index is -0.759. The highest BCUT2D eigenvalue weighted by Crippen LogP contribution is 2.59. The van der Waals surface area contributed by atoms with Crippen molar-refractivity contribution in [3.63, 3.8) is 0 Å². The fourth-order valence-corrected chi connectivity index (χ4v) is 11.0. The fourth-order valence-electron chi connectivity index (χ4n) is 11.0. The van der Waals surface area contributed by atoms with E-state index in [1.165, 1.54) is 89.5 Å². The van der Waals surface area contributed by atoms with Crippen molar-refractivity contribution in [3.05, 3.63) is 267 Å². The fraction of sp³-hybridized carbons (Fsp3) is 0.143. The molecule has 0 N–H and O–H groups in total. The maximum Gasteiger partial charge on any atom is 0.0743 e. The molecule has 9 aromatic rings. The van der Waals surface area contributed by atoms with Gasteiger partial charge in [0.2, 0.25) is 0 Å². The number of fused-ring (bicyclic) bond motifs is 2. The second-order valence-electron chi connectivity index (χ2n) is 18.2. The number of nitrogens with zero attached hydrogens (tertiary/aromatic N) is 3. The molecule has 0 bridgehead atoms. The number of hydrogen-bond donors (Lipinski definition) is 0. The summed E-state index contributed by atoms with van der Waals surface area (Å²) in [7, 11) is 0. The van der Waals surface area contributed by atoms with Gasteiger partial charge in [-0.3, -0.25) is 0 Å². The second kappa shape index (κ2) is 17.1. The molecule has 0 radical (unpaired) electrons. The van der Waals surface area contributed by atoms with Gasteiger partial charge in [-0.2, -0.15) is 0 Å². The van der Waals surface area contributed by atoms with E-state index in [2.05, 4.69) is 270 Å². The largest absolute Gasteiger partial charge is 0.310 e. The summed E-state index contributed by atoms with van der Waals surface area (Å²) in [6, 6.07) is 74.4. The summed E-state index contributed by atoms with van der Waals surface area (Å²) in [6.07, 6.45) is 0. The molecule has 3 nitrogen and oxygen atoms in total. The van der Waals surface area contributed by atoms with Gasteiger partial charge in [0.05, 0.1) is 39.5 Å². The Hall–Kier alpha value is -7.62. The summed E-state index contributed by atoms with van der Waals surface area (Å²) >= 11 is 0. The van der Waals surface area contributed by atoms with Gasteiger partial charge >= 0.3 is 0 Å². The average molecular weight is 856 g/mol. The van der Waals surface area contributed by atoms with Gasteiger partial charge in [-0.05, 0) is 171 Å². The Bertz CT molecular complexity index is 2890. The molecule has 324 valence electrons. The van der Waals surface area contributed by atoms with Crippen molar-refractivity contribution in [2.45, 2.75) is 60.8 Å². The monoisotopic (exact) mass is 855 g/mol. The molecule has 1 aliphatic heterocycles. The molecule has 66 heavy (non-hydrogen) atoms. The number of benzene rings is 9. The molecule has 1 heterocycles. The molecule has 10 rings (SSSR count). The third-order valence-electron chi connectivity index (χ3n) is 13.8. The second-order valence-corrected chi connectivity index (χ2v) is 18.2. The number of rotatable bonds is 9. The minimum Gasteiger partial charge on any atom is -0.310 e. The van der Waals surface area contributed by atoms with Gasteiger partial charge in [0.1, 0.15) is 0 Å². The molecule has 0 unspecified atom stereocenters. The van der Waals surface area contributed by atoms with Crippen molar-refractivity contribution < 1.29 is 0 Å². The number of anilines is 9. The summed E-state index contributed by atoms with van der Waals surface area (Å²) < 4.78 is 0. The van der Waals surface area contributed by atoms with Crippen LogP contribution in [0.3, 0.4) is 0 Å². The predicted octanol–water partition coefficient (Wildman–Crippen LogP) is 17.3. The lowest BCUT2D eigenvalue weighted by atomic mass is 9.62. The Morgan fingerprint density at radius 3 is 0.955 bits per heavy atom. The lowest BCUT2D eigenvalue weighted by Gasteiger charge is -2.47. The Balaban J connectivity index is 1.32. The normalized spacial score (nSPS) is 12.6. The first-order chi connectivity index (χ1) is 32.1. The summed E-state index contributed by atoms with van der Waals surface area (Å²) in [6.45, 7) is 17.9. The molecule has 0 saturated carbocycles. The first kappa shape index (κ1) is 42.3. The van der Waals surface area contributed by atoms with Gasteiger partial charge in [0.25, 0.3) is 0 Å². The predicted molar refractivity (Wildman–Crippen MR) is 280 cm³/mol. The minimum absolute atomic E-state index is 0.759. The van der Waals surface area contributed by atoms with E-state index in [9.17, 15) is 0 Å². The SMILES string of the molecule is Cc1cccc(C)c1N(c1cccc(C2(c3cccc(N(c4c(C)cccc4C)c4c(C)cccc4C)c3)c3ccccc3N(c3ccccc3)c3ccccc32)c1)c1c(C)cccc1C. The Labute approximate surface area is 391 Å². The van der Waals surface area contributed by atoms with E-state index in [1.54, 1.807) is 0 Å². The molecule has 0 saturated heterocycles. The van der Waals surface area contributed by atoms with E-state index in [0.29, 0.717) is 0 Å². The van der Waals surface area contributed by atoms with Crippen LogP contribution in [-0.4, -0.2) is 0 Å².